The van der Waals surface area contributed by atoms with E-state index in [0.29, 0.717) is 11.6 Å². The number of nitrogens with zero attached hydrogens (tertiary/aromatic N) is 1. The second-order valence-electron chi connectivity index (χ2n) is 4.65. The molecule has 0 fully saturated rings. The molecule has 2 N–H and O–H groups in total. The Hall–Kier alpha value is -1.42. The third-order valence-corrected chi connectivity index (χ3v) is 3.58. The fourth-order valence-corrected chi connectivity index (χ4v) is 2.17. The van der Waals surface area contributed by atoms with Crippen molar-refractivity contribution < 1.29 is 4.74 Å². The molecule has 20 heavy (non-hydrogen) atoms. The van der Waals surface area contributed by atoms with Crippen LogP contribution in [0.4, 0.5) is 0 Å². The summed E-state index contributed by atoms with van der Waals surface area (Å²) in [5.74, 6) is 0. The number of rotatable bonds is 6. The minimum absolute atomic E-state index is 0.0904. The van der Waals surface area contributed by atoms with Gasteiger partial charge in [-0.15, -0.1) is 0 Å². The fraction of sp³-hybridized carbons (Fsp3) is 0.312. The number of benzene rings is 1. The van der Waals surface area contributed by atoms with E-state index < -0.39 is 0 Å². The molecule has 106 valence electrons. The maximum absolute atomic E-state index is 6.15. The van der Waals surface area contributed by atoms with Crippen molar-refractivity contribution in [3.8, 4) is 0 Å². The maximum atomic E-state index is 6.15. The quantitative estimate of drug-likeness (QED) is 0.882. The summed E-state index contributed by atoms with van der Waals surface area (Å²) in [6, 6.07) is 13.3. The molecule has 1 aromatic heterocycles. The van der Waals surface area contributed by atoms with Crippen LogP contribution in [0.3, 0.4) is 0 Å². The van der Waals surface area contributed by atoms with Crippen molar-refractivity contribution in [2.24, 2.45) is 5.73 Å². The zero-order valence-corrected chi connectivity index (χ0v) is 12.3. The Morgan fingerprint density at radius 2 is 1.95 bits per heavy atom. The van der Waals surface area contributed by atoms with Gasteiger partial charge in [0.15, 0.2) is 0 Å². The Kier molecular flexibility index (Phi) is 5.53. The molecule has 0 saturated carbocycles. The molecule has 0 spiro atoms. The number of hydrogen-bond donors (Lipinski definition) is 1. The molecule has 2 aromatic rings. The van der Waals surface area contributed by atoms with Crippen LogP contribution in [0.2, 0.25) is 5.02 Å². The van der Waals surface area contributed by atoms with Crippen molar-refractivity contribution in [3.63, 3.8) is 0 Å². The van der Waals surface area contributed by atoms with Gasteiger partial charge in [-0.05, 0) is 30.2 Å². The zero-order chi connectivity index (χ0) is 14.4. The Bertz CT molecular complexity index is 533. The minimum Gasteiger partial charge on any atom is -0.366 e. The van der Waals surface area contributed by atoms with Gasteiger partial charge in [0.25, 0.3) is 0 Å². The van der Waals surface area contributed by atoms with E-state index in [2.05, 4.69) is 4.98 Å². The topological polar surface area (TPSA) is 48.1 Å². The van der Waals surface area contributed by atoms with Crippen LogP contribution in [0.15, 0.2) is 48.7 Å². The molecule has 2 atom stereocenters. The molecule has 0 aliphatic heterocycles. The Morgan fingerprint density at radius 3 is 2.60 bits per heavy atom. The van der Waals surface area contributed by atoms with Gasteiger partial charge in [-0.2, -0.15) is 0 Å². The first-order valence-corrected chi connectivity index (χ1v) is 7.11. The molecule has 0 aliphatic rings. The van der Waals surface area contributed by atoms with Crippen LogP contribution >= 0.6 is 11.6 Å². The monoisotopic (exact) mass is 290 g/mol. The second-order valence-corrected chi connectivity index (χ2v) is 5.06. The standard InChI is InChI=1S/C16H19ClN2O/c1-2-14(18)16(15-9-5-6-10-19-15)20-11-12-7-3-4-8-13(12)17/h3-10,14,16H,2,11,18H2,1H3. The highest BCUT2D eigenvalue weighted by atomic mass is 35.5. The van der Waals surface area contributed by atoms with Gasteiger partial charge in [0.2, 0.25) is 0 Å². The van der Waals surface area contributed by atoms with Crippen LogP contribution in [0.25, 0.3) is 0 Å². The molecule has 4 heteroatoms. The zero-order valence-electron chi connectivity index (χ0n) is 11.5. The molecule has 1 heterocycles. The van der Waals surface area contributed by atoms with Crippen molar-refractivity contribution >= 4 is 11.6 Å². The number of nitrogens with two attached hydrogens (primary N) is 1. The van der Waals surface area contributed by atoms with Crippen LogP contribution in [0, 0.1) is 0 Å². The van der Waals surface area contributed by atoms with E-state index in [9.17, 15) is 0 Å². The highest BCUT2D eigenvalue weighted by molar-refractivity contribution is 6.31. The average molecular weight is 291 g/mol. The molecule has 0 bridgehead atoms. The van der Waals surface area contributed by atoms with E-state index in [4.69, 9.17) is 22.1 Å². The maximum Gasteiger partial charge on any atom is 0.115 e. The fourth-order valence-electron chi connectivity index (χ4n) is 1.98. The van der Waals surface area contributed by atoms with E-state index in [1.165, 1.54) is 0 Å². The first-order chi connectivity index (χ1) is 9.72. The van der Waals surface area contributed by atoms with Crippen molar-refractivity contribution in [2.45, 2.75) is 32.1 Å². The predicted molar refractivity (Wildman–Crippen MR) is 81.5 cm³/mol. The lowest BCUT2D eigenvalue weighted by atomic mass is 10.1. The Labute approximate surface area is 124 Å². The average Bonchev–Trinajstić information content (AvgIpc) is 2.50. The summed E-state index contributed by atoms with van der Waals surface area (Å²) in [7, 11) is 0. The van der Waals surface area contributed by atoms with Gasteiger partial charge in [-0.1, -0.05) is 42.8 Å². The van der Waals surface area contributed by atoms with E-state index in [1.54, 1.807) is 6.20 Å². The lowest BCUT2D eigenvalue weighted by molar-refractivity contribution is 0.0185. The lowest BCUT2D eigenvalue weighted by Crippen LogP contribution is -2.30. The summed E-state index contributed by atoms with van der Waals surface area (Å²) < 4.78 is 5.98. The van der Waals surface area contributed by atoms with E-state index >= 15 is 0 Å². The van der Waals surface area contributed by atoms with Crippen LogP contribution in [0.5, 0.6) is 0 Å². The molecule has 2 rings (SSSR count). The third-order valence-electron chi connectivity index (χ3n) is 3.22. The minimum atomic E-state index is -0.225. The van der Waals surface area contributed by atoms with Crippen molar-refractivity contribution in [1.29, 1.82) is 0 Å². The third kappa shape index (κ3) is 3.79. The largest absolute Gasteiger partial charge is 0.366 e. The predicted octanol–water partition coefficient (Wildman–Crippen LogP) is 3.73. The van der Waals surface area contributed by atoms with Crippen molar-refractivity contribution in [1.82, 2.24) is 4.98 Å². The van der Waals surface area contributed by atoms with Gasteiger partial charge in [-0.3, -0.25) is 4.98 Å². The van der Waals surface area contributed by atoms with Gasteiger partial charge in [0.05, 0.1) is 12.3 Å². The molecule has 0 aliphatic carbocycles. The molecule has 0 amide bonds. The summed E-state index contributed by atoms with van der Waals surface area (Å²) in [5.41, 5.74) is 7.97. The molecule has 3 nitrogen and oxygen atoms in total. The number of pyridine rings is 1. The molecule has 2 unspecified atom stereocenters. The molecular formula is C16H19ClN2O. The molecular weight excluding hydrogens is 272 g/mol. The Balaban J connectivity index is 2.11. The Morgan fingerprint density at radius 1 is 1.20 bits per heavy atom. The van der Waals surface area contributed by atoms with Gasteiger partial charge in [0, 0.05) is 17.3 Å². The van der Waals surface area contributed by atoms with E-state index in [0.717, 1.165) is 17.7 Å². The number of ether oxygens (including phenoxy) is 1. The van der Waals surface area contributed by atoms with Crippen molar-refractivity contribution in [2.75, 3.05) is 0 Å². The molecule has 1 aromatic carbocycles. The smallest absolute Gasteiger partial charge is 0.115 e. The van der Waals surface area contributed by atoms with Crippen LogP contribution in [-0.4, -0.2) is 11.0 Å². The first-order valence-electron chi connectivity index (χ1n) is 6.74. The summed E-state index contributed by atoms with van der Waals surface area (Å²) >= 11 is 6.14. The van der Waals surface area contributed by atoms with E-state index in [1.807, 2.05) is 49.4 Å². The van der Waals surface area contributed by atoms with Gasteiger partial charge in [-0.25, -0.2) is 0 Å². The summed E-state index contributed by atoms with van der Waals surface area (Å²) in [6.07, 6.45) is 2.35. The first kappa shape index (κ1) is 15.0. The number of hydrogen-bond acceptors (Lipinski definition) is 3. The van der Waals surface area contributed by atoms with Crippen LogP contribution in [-0.2, 0) is 11.3 Å². The van der Waals surface area contributed by atoms with Gasteiger partial charge < -0.3 is 10.5 Å². The van der Waals surface area contributed by atoms with Gasteiger partial charge in [0.1, 0.15) is 6.10 Å². The second kappa shape index (κ2) is 7.39. The highest BCUT2D eigenvalue weighted by Crippen LogP contribution is 2.24. The van der Waals surface area contributed by atoms with Crippen LogP contribution in [0.1, 0.15) is 30.7 Å². The summed E-state index contributed by atoms with van der Waals surface area (Å²) in [6.45, 7) is 2.47. The number of halogens is 1. The SMILES string of the molecule is CCC(N)C(OCc1ccccc1Cl)c1ccccn1. The summed E-state index contributed by atoms with van der Waals surface area (Å²) in [4.78, 5) is 4.34. The summed E-state index contributed by atoms with van der Waals surface area (Å²) in [5, 5.41) is 0.706. The molecule has 0 radical (unpaired) electrons. The van der Waals surface area contributed by atoms with Crippen molar-refractivity contribution in [3.05, 3.63) is 64.9 Å². The van der Waals surface area contributed by atoms with Crippen LogP contribution < -0.4 is 5.73 Å². The number of aromatic nitrogens is 1. The normalized spacial score (nSPS) is 13.9. The lowest BCUT2D eigenvalue weighted by Gasteiger charge is -2.23. The molecule has 0 saturated heterocycles. The van der Waals surface area contributed by atoms with Gasteiger partial charge >= 0.3 is 0 Å². The van der Waals surface area contributed by atoms with E-state index in [-0.39, 0.29) is 12.1 Å². The highest BCUT2D eigenvalue weighted by Gasteiger charge is 2.20.